The third-order valence-electron chi connectivity index (χ3n) is 1.93. The predicted molar refractivity (Wildman–Crippen MR) is 60.2 cm³/mol. The van der Waals surface area contributed by atoms with Gasteiger partial charge in [0.25, 0.3) is 0 Å². The van der Waals surface area contributed by atoms with Gasteiger partial charge in [0.1, 0.15) is 0 Å². The van der Waals surface area contributed by atoms with Gasteiger partial charge in [0.2, 0.25) is 5.91 Å². The highest BCUT2D eigenvalue weighted by Crippen LogP contribution is 1.94. The van der Waals surface area contributed by atoms with Crippen LogP contribution in [0.3, 0.4) is 0 Å². The molecule has 0 aliphatic heterocycles. The second kappa shape index (κ2) is 8.75. The Morgan fingerprint density at radius 3 is 2.57 bits per heavy atom. The first-order valence-electron chi connectivity index (χ1n) is 5.38. The van der Waals surface area contributed by atoms with Gasteiger partial charge in [-0.25, -0.2) is 0 Å². The van der Waals surface area contributed by atoms with Crippen molar-refractivity contribution >= 4 is 5.91 Å². The molecule has 0 heterocycles. The Labute approximate surface area is 87.0 Å². The van der Waals surface area contributed by atoms with Crippen molar-refractivity contribution in [2.24, 2.45) is 0 Å². The first kappa shape index (κ1) is 13.2. The quantitative estimate of drug-likeness (QED) is 0.480. The van der Waals surface area contributed by atoms with E-state index in [1.165, 1.54) is 0 Å². The summed E-state index contributed by atoms with van der Waals surface area (Å²) in [6.07, 6.45) is 3.84. The van der Waals surface area contributed by atoms with Crippen molar-refractivity contribution in [3.05, 3.63) is 11.6 Å². The zero-order valence-corrected chi connectivity index (χ0v) is 9.52. The van der Waals surface area contributed by atoms with E-state index >= 15 is 0 Å². The molecule has 0 saturated carbocycles. The molecule has 0 bridgehead atoms. The minimum absolute atomic E-state index is 0.0587. The third kappa shape index (κ3) is 6.66. The largest absolute Gasteiger partial charge is 0.352 e. The molecule has 0 aromatic carbocycles. The summed E-state index contributed by atoms with van der Waals surface area (Å²) in [6.45, 7) is 8.66. The minimum Gasteiger partial charge on any atom is -0.352 e. The topological polar surface area (TPSA) is 41.1 Å². The van der Waals surface area contributed by atoms with E-state index in [0.29, 0.717) is 0 Å². The van der Waals surface area contributed by atoms with Crippen molar-refractivity contribution in [2.75, 3.05) is 19.6 Å². The molecule has 0 saturated heterocycles. The van der Waals surface area contributed by atoms with Gasteiger partial charge in [0, 0.05) is 12.1 Å². The molecule has 0 fully saturated rings. The van der Waals surface area contributed by atoms with Gasteiger partial charge in [0.15, 0.2) is 0 Å². The van der Waals surface area contributed by atoms with Crippen molar-refractivity contribution in [1.29, 1.82) is 0 Å². The van der Waals surface area contributed by atoms with Gasteiger partial charge in [-0.05, 0) is 32.9 Å². The number of amides is 1. The summed E-state index contributed by atoms with van der Waals surface area (Å²) in [5, 5.41) is 6.09. The Balaban J connectivity index is 3.49. The van der Waals surface area contributed by atoms with Crippen LogP contribution in [0.2, 0.25) is 0 Å². The minimum atomic E-state index is 0.0587. The Morgan fingerprint density at radius 1 is 1.29 bits per heavy atom. The van der Waals surface area contributed by atoms with Crippen LogP contribution in [0.1, 0.15) is 33.6 Å². The maximum absolute atomic E-state index is 11.4. The molecular weight excluding hydrogens is 176 g/mol. The molecule has 3 heteroatoms. The molecule has 0 aliphatic carbocycles. The van der Waals surface area contributed by atoms with Crippen molar-refractivity contribution in [3.8, 4) is 0 Å². The fraction of sp³-hybridized carbons (Fsp3) is 0.727. The van der Waals surface area contributed by atoms with Gasteiger partial charge in [-0.2, -0.15) is 0 Å². The number of carbonyl (C=O) groups excluding carboxylic acids is 1. The lowest BCUT2D eigenvalue weighted by molar-refractivity contribution is -0.117. The van der Waals surface area contributed by atoms with E-state index in [-0.39, 0.29) is 5.91 Å². The highest BCUT2D eigenvalue weighted by molar-refractivity contribution is 5.92. The van der Waals surface area contributed by atoms with Crippen LogP contribution in [0, 0.1) is 0 Å². The zero-order chi connectivity index (χ0) is 10.8. The molecule has 0 aromatic rings. The zero-order valence-electron chi connectivity index (χ0n) is 9.52. The van der Waals surface area contributed by atoms with Crippen molar-refractivity contribution in [3.63, 3.8) is 0 Å². The van der Waals surface area contributed by atoms with Gasteiger partial charge < -0.3 is 10.6 Å². The molecule has 0 atom stereocenters. The van der Waals surface area contributed by atoms with Crippen LogP contribution in [-0.4, -0.2) is 25.5 Å². The van der Waals surface area contributed by atoms with E-state index in [4.69, 9.17) is 0 Å². The number of hydrogen-bond acceptors (Lipinski definition) is 2. The lowest BCUT2D eigenvalue weighted by Gasteiger charge is -2.05. The van der Waals surface area contributed by atoms with E-state index in [9.17, 15) is 4.79 Å². The van der Waals surface area contributed by atoms with Gasteiger partial charge in [0.05, 0.1) is 0 Å². The van der Waals surface area contributed by atoms with Crippen LogP contribution in [0.5, 0.6) is 0 Å². The van der Waals surface area contributed by atoms with Gasteiger partial charge in [-0.1, -0.05) is 19.9 Å². The van der Waals surface area contributed by atoms with Crippen LogP contribution in [0.15, 0.2) is 11.6 Å². The Morgan fingerprint density at radius 2 is 2.00 bits per heavy atom. The second-order valence-electron chi connectivity index (χ2n) is 3.26. The molecule has 0 aromatic heterocycles. The monoisotopic (exact) mass is 198 g/mol. The molecule has 0 spiro atoms. The van der Waals surface area contributed by atoms with Crippen LogP contribution >= 0.6 is 0 Å². The highest BCUT2D eigenvalue weighted by Gasteiger charge is 2.00. The van der Waals surface area contributed by atoms with E-state index < -0.39 is 0 Å². The van der Waals surface area contributed by atoms with E-state index in [1.807, 2.05) is 19.9 Å². The standard InChI is InChI=1S/C11H22N2O/c1-4-7-10(3)11(14)13-9-6-8-12-5-2/h7,12H,4-6,8-9H2,1-3H3,(H,13,14)/b10-7+. The lowest BCUT2D eigenvalue weighted by atomic mass is 10.2. The van der Waals surface area contributed by atoms with Crippen LogP contribution < -0.4 is 10.6 Å². The van der Waals surface area contributed by atoms with Gasteiger partial charge in [-0.15, -0.1) is 0 Å². The summed E-state index contributed by atoms with van der Waals surface area (Å²) in [5.41, 5.74) is 0.816. The second-order valence-corrected chi connectivity index (χ2v) is 3.26. The van der Waals surface area contributed by atoms with E-state index in [2.05, 4.69) is 17.6 Å². The molecule has 0 aliphatic rings. The highest BCUT2D eigenvalue weighted by atomic mass is 16.1. The smallest absolute Gasteiger partial charge is 0.246 e. The van der Waals surface area contributed by atoms with Crippen molar-refractivity contribution < 1.29 is 4.79 Å². The predicted octanol–water partition coefficient (Wildman–Crippen LogP) is 1.46. The Kier molecular flexibility index (Phi) is 8.24. The first-order chi connectivity index (χ1) is 6.72. The number of rotatable bonds is 7. The lowest BCUT2D eigenvalue weighted by Crippen LogP contribution is -2.27. The molecule has 3 nitrogen and oxygen atoms in total. The number of carbonyl (C=O) groups is 1. The molecule has 1 amide bonds. The number of allylic oxidation sites excluding steroid dienone is 1. The maximum atomic E-state index is 11.4. The summed E-state index contributed by atoms with van der Waals surface area (Å²) in [4.78, 5) is 11.4. The summed E-state index contributed by atoms with van der Waals surface area (Å²) in [6, 6.07) is 0. The molecule has 0 rings (SSSR count). The first-order valence-corrected chi connectivity index (χ1v) is 5.38. The molecule has 0 radical (unpaired) electrons. The van der Waals surface area contributed by atoms with Crippen LogP contribution in [0.4, 0.5) is 0 Å². The number of hydrogen-bond donors (Lipinski definition) is 2. The maximum Gasteiger partial charge on any atom is 0.246 e. The van der Waals surface area contributed by atoms with Gasteiger partial charge in [-0.3, -0.25) is 4.79 Å². The average molecular weight is 198 g/mol. The van der Waals surface area contributed by atoms with E-state index in [0.717, 1.165) is 38.0 Å². The SMILES string of the molecule is CC/C=C(\C)C(=O)NCCCNCC. The summed E-state index contributed by atoms with van der Waals surface area (Å²) in [7, 11) is 0. The average Bonchev–Trinajstić information content (AvgIpc) is 2.17. The molecule has 0 unspecified atom stereocenters. The normalized spacial score (nSPS) is 11.5. The summed E-state index contributed by atoms with van der Waals surface area (Å²) < 4.78 is 0. The van der Waals surface area contributed by atoms with E-state index in [1.54, 1.807) is 0 Å². The van der Waals surface area contributed by atoms with Crippen molar-refractivity contribution in [2.45, 2.75) is 33.6 Å². The summed E-state index contributed by atoms with van der Waals surface area (Å²) in [5.74, 6) is 0.0587. The molecule has 82 valence electrons. The fourth-order valence-electron chi connectivity index (χ4n) is 1.13. The van der Waals surface area contributed by atoms with Crippen molar-refractivity contribution in [1.82, 2.24) is 10.6 Å². The molecular formula is C11H22N2O. The van der Waals surface area contributed by atoms with Crippen LogP contribution in [0.25, 0.3) is 0 Å². The third-order valence-corrected chi connectivity index (χ3v) is 1.93. The number of nitrogens with one attached hydrogen (secondary N) is 2. The summed E-state index contributed by atoms with van der Waals surface area (Å²) >= 11 is 0. The van der Waals surface area contributed by atoms with Gasteiger partial charge >= 0.3 is 0 Å². The fourth-order valence-corrected chi connectivity index (χ4v) is 1.13. The van der Waals surface area contributed by atoms with Crippen LogP contribution in [-0.2, 0) is 4.79 Å². The molecule has 14 heavy (non-hydrogen) atoms. The Hall–Kier alpha value is -0.830. The Bertz CT molecular complexity index is 188. The molecule has 2 N–H and O–H groups in total.